The van der Waals surface area contributed by atoms with Crippen molar-refractivity contribution in [3.05, 3.63) is 46.5 Å². The molecule has 0 radical (unpaired) electrons. The number of nitrogens with two attached hydrogens (primary N) is 1. The summed E-state index contributed by atoms with van der Waals surface area (Å²) in [4.78, 5) is 32.7. The predicted molar refractivity (Wildman–Crippen MR) is 115 cm³/mol. The van der Waals surface area contributed by atoms with Gasteiger partial charge >= 0.3 is 0 Å². The van der Waals surface area contributed by atoms with Gasteiger partial charge in [-0.2, -0.15) is 0 Å². The first kappa shape index (κ1) is 23.1. The molecule has 0 unspecified atom stereocenters. The first-order valence-electron chi connectivity index (χ1n) is 10.2. The molecule has 3 rings (SSSR count). The minimum atomic E-state index is -0.995. The number of aromatic nitrogens is 1. The van der Waals surface area contributed by atoms with E-state index in [0.29, 0.717) is 17.1 Å². The number of benzene rings is 1. The zero-order chi connectivity index (χ0) is 22.5. The molecule has 0 spiro atoms. The Bertz CT molecular complexity index is 936. The van der Waals surface area contributed by atoms with Gasteiger partial charge in [0.05, 0.1) is 12.6 Å². The highest BCUT2D eigenvalue weighted by molar-refractivity contribution is 7.15. The molecular weight excluding hydrogens is 424 g/mol. The average Bonchev–Trinajstić information content (AvgIpc) is 3.37. The van der Waals surface area contributed by atoms with Crippen molar-refractivity contribution in [2.45, 2.75) is 57.8 Å². The third-order valence-electron chi connectivity index (χ3n) is 5.33. The van der Waals surface area contributed by atoms with Gasteiger partial charge in [-0.3, -0.25) is 14.5 Å². The number of nitrogen functional groups attached to an aromatic ring is 1. The smallest absolute Gasteiger partial charge is 0.243 e. The van der Waals surface area contributed by atoms with Gasteiger partial charge in [-0.15, -0.1) is 11.3 Å². The van der Waals surface area contributed by atoms with E-state index in [4.69, 9.17) is 5.73 Å². The first-order valence-corrected chi connectivity index (χ1v) is 11.0. The van der Waals surface area contributed by atoms with E-state index < -0.39 is 23.6 Å². The lowest BCUT2D eigenvalue weighted by Gasteiger charge is -2.29. The molecule has 1 aromatic heterocycles. The van der Waals surface area contributed by atoms with Crippen LogP contribution in [0, 0.1) is 11.6 Å². The summed E-state index contributed by atoms with van der Waals surface area (Å²) in [6.07, 6.45) is 3.23. The molecular formula is C21H27F2N5O2S. The van der Waals surface area contributed by atoms with Crippen LogP contribution in [0.4, 0.5) is 13.9 Å². The van der Waals surface area contributed by atoms with E-state index in [1.54, 1.807) is 6.20 Å². The summed E-state index contributed by atoms with van der Waals surface area (Å²) < 4.78 is 27.0. The maximum absolute atomic E-state index is 13.7. The fourth-order valence-electron chi connectivity index (χ4n) is 3.77. The molecule has 2 aromatic rings. The maximum atomic E-state index is 13.7. The SMILES string of the molecule is CC(C)N1CCC[C@@H]1C(=O)N[C@@H](Cc1ccc(F)c(F)c1)C(=O)NCc1cnc(N)s1. The lowest BCUT2D eigenvalue weighted by atomic mass is 10.0. The highest BCUT2D eigenvalue weighted by Gasteiger charge is 2.34. The largest absolute Gasteiger partial charge is 0.375 e. The standard InChI is InChI=1S/C21H27F2N5O2S/c1-12(2)28-7-3-4-18(28)20(30)27-17(9-13-5-6-15(22)16(23)8-13)19(29)25-10-14-11-26-21(24)31-14/h5-6,8,11-12,17-18H,3-4,7,9-10H2,1-2H3,(H2,24,26)(H,25,29)(H,27,30)/t17-,18+/m0/s1. The van der Waals surface area contributed by atoms with Gasteiger partial charge in [0.2, 0.25) is 11.8 Å². The highest BCUT2D eigenvalue weighted by Crippen LogP contribution is 2.21. The third-order valence-corrected chi connectivity index (χ3v) is 6.15. The molecule has 1 aromatic carbocycles. The maximum Gasteiger partial charge on any atom is 0.243 e. The predicted octanol–water partition coefficient (Wildman–Crippen LogP) is 2.22. The van der Waals surface area contributed by atoms with E-state index in [2.05, 4.69) is 20.5 Å². The molecule has 1 aliphatic rings. The number of amides is 2. The Balaban J connectivity index is 1.73. The van der Waals surface area contributed by atoms with E-state index in [9.17, 15) is 18.4 Å². The molecule has 0 aliphatic carbocycles. The Labute approximate surface area is 184 Å². The topological polar surface area (TPSA) is 100 Å². The van der Waals surface area contributed by atoms with Gasteiger partial charge in [0, 0.05) is 23.5 Å². The number of carbonyl (C=O) groups is 2. The molecule has 1 aliphatic heterocycles. The van der Waals surface area contributed by atoms with Crippen molar-refractivity contribution < 1.29 is 18.4 Å². The summed E-state index contributed by atoms with van der Waals surface area (Å²) in [7, 11) is 0. The van der Waals surface area contributed by atoms with Crippen LogP contribution in [0.15, 0.2) is 24.4 Å². The molecule has 10 heteroatoms. The van der Waals surface area contributed by atoms with Gasteiger partial charge in [-0.1, -0.05) is 6.07 Å². The van der Waals surface area contributed by atoms with Crippen LogP contribution in [0.25, 0.3) is 0 Å². The lowest BCUT2D eigenvalue weighted by molar-refractivity contribution is -0.131. The summed E-state index contributed by atoms with van der Waals surface area (Å²) >= 11 is 1.25. The minimum Gasteiger partial charge on any atom is -0.375 e. The van der Waals surface area contributed by atoms with Crippen LogP contribution in [0.1, 0.15) is 37.1 Å². The monoisotopic (exact) mass is 451 g/mol. The number of nitrogens with one attached hydrogen (secondary N) is 2. The number of rotatable bonds is 8. The van der Waals surface area contributed by atoms with Crippen molar-refractivity contribution in [2.75, 3.05) is 12.3 Å². The van der Waals surface area contributed by atoms with Crippen LogP contribution in [0.5, 0.6) is 0 Å². The summed E-state index contributed by atoms with van der Waals surface area (Å²) in [5, 5.41) is 5.98. The summed E-state index contributed by atoms with van der Waals surface area (Å²) in [6.45, 7) is 5.08. The first-order chi connectivity index (χ1) is 14.7. The van der Waals surface area contributed by atoms with E-state index >= 15 is 0 Å². The quantitative estimate of drug-likeness (QED) is 0.572. The molecule has 168 valence electrons. The van der Waals surface area contributed by atoms with Crippen molar-refractivity contribution in [3.63, 3.8) is 0 Å². The van der Waals surface area contributed by atoms with Crippen LogP contribution in [-0.2, 0) is 22.6 Å². The second-order valence-electron chi connectivity index (χ2n) is 7.89. The Morgan fingerprint density at radius 2 is 2.10 bits per heavy atom. The van der Waals surface area contributed by atoms with Crippen LogP contribution < -0.4 is 16.4 Å². The van der Waals surface area contributed by atoms with Crippen molar-refractivity contribution in [2.24, 2.45) is 0 Å². The molecule has 1 fully saturated rings. The number of halogens is 2. The van der Waals surface area contributed by atoms with Crippen LogP contribution in [0.3, 0.4) is 0 Å². The summed E-state index contributed by atoms with van der Waals surface area (Å²) in [6, 6.07) is 2.41. The van der Waals surface area contributed by atoms with Gasteiger partial charge in [0.25, 0.3) is 0 Å². The van der Waals surface area contributed by atoms with Crippen molar-refractivity contribution >= 4 is 28.3 Å². The second kappa shape index (κ2) is 10.1. The van der Waals surface area contributed by atoms with Gasteiger partial charge in [-0.25, -0.2) is 13.8 Å². The molecule has 31 heavy (non-hydrogen) atoms. The zero-order valence-electron chi connectivity index (χ0n) is 17.5. The molecule has 2 amide bonds. The van der Waals surface area contributed by atoms with Crippen molar-refractivity contribution in [1.29, 1.82) is 0 Å². The Morgan fingerprint density at radius 3 is 2.74 bits per heavy atom. The van der Waals surface area contributed by atoms with E-state index in [-0.39, 0.29) is 31.0 Å². The number of hydrogen-bond acceptors (Lipinski definition) is 6. The number of hydrogen-bond donors (Lipinski definition) is 3. The van der Waals surface area contributed by atoms with Crippen molar-refractivity contribution in [3.8, 4) is 0 Å². The fraction of sp³-hybridized carbons (Fsp3) is 0.476. The number of likely N-dealkylation sites (tertiary alicyclic amines) is 1. The molecule has 2 heterocycles. The molecule has 1 saturated heterocycles. The van der Waals surface area contributed by atoms with E-state index in [0.717, 1.165) is 30.0 Å². The number of carbonyl (C=O) groups excluding carboxylic acids is 2. The van der Waals surface area contributed by atoms with Gasteiger partial charge in [0.15, 0.2) is 16.8 Å². The van der Waals surface area contributed by atoms with Gasteiger partial charge < -0.3 is 16.4 Å². The number of anilines is 1. The van der Waals surface area contributed by atoms with E-state index in [1.807, 2.05) is 13.8 Å². The lowest BCUT2D eigenvalue weighted by Crippen LogP contribution is -2.53. The molecule has 0 bridgehead atoms. The summed E-state index contributed by atoms with van der Waals surface area (Å²) in [5.41, 5.74) is 6.02. The summed E-state index contributed by atoms with van der Waals surface area (Å²) in [5.74, 6) is -2.62. The van der Waals surface area contributed by atoms with Gasteiger partial charge in [-0.05, 0) is 50.9 Å². The Kier molecular flexibility index (Phi) is 7.55. The normalized spacial score (nSPS) is 17.6. The van der Waals surface area contributed by atoms with E-state index in [1.165, 1.54) is 17.4 Å². The van der Waals surface area contributed by atoms with Crippen LogP contribution in [0.2, 0.25) is 0 Å². The molecule has 2 atom stereocenters. The van der Waals surface area contributed by atoms with Gasteiger partial charge in [0.1, 0.15) is 6.04 Å². The second-order valence-corrected chi connectivity index (χ2v) is 9.03. The fourth-order valence-corrected chi connectivity index (χ4v) is 4.39. The minimum absolute atomic E-state index is 0.0357. The highest BCUT2D eigenvalue weighted by atomic mass is 32.1. The molecule has 7 nitrogen and oxygen atoms in total. The van der Waals surface area contributed by atoms with Crippen molar-refractivity contribution in [1.82, 2.24) is 20.5 Å². The number of nitrogens with zero attached hydrogens (tertiary/aromatic N) is 2. The van der Waals surface area contributed by atoms with Crippen LogP contribution in [-0.4, -0.2) is 46.4 Å². The Hall–Kier alpha value is -2.59. The van der Waals surface area contributed by atoms with Crippen LogP contribution >= 0.6 is 11.3 Å². The average molecular weight is 452 g/mol. The number of thiazole rings is 1. The zero-order valence-corrected chi connectivity index (χ0v) is 18.3. The molecule has 4 N–H and O–H groups in total. The third kappa shape index (κ3) is 5.98. The molecule has 0 saturated carbocycles. The Morgan fingerprint density at radius 1 is 1.32 bits per heavy atom.